The molecule has 1 aliphatic rings. The standard InChI is InChI=1S/C36H65N5O10S/c1-4-6-8-10-12-13-15-17-24(35(47)48)23(3)19-25(36(49)50)28(18-16-14-11-9-7-5-2)52-22-26(37)33(46)38-29-20-41(40-39-29)34-32(45)31(44)30(43)27(21-42)51-34/h20,23-28,30-32,34,42-45H,4-19,21-22,37H2,1-3H3,(H,38,46)(H,47,48)(H,49,50)/t23?,24-,25+,26-,27?,28?,30?,31?,32?,34+/m1/s1. The van der Waals surface area contributed by atoms with Crippen LogP contribution in [0.4, 0.5) is 5.82 Å². The van der Waals surface area contributed by atoms with Crippen LogP contribution in [-0.4, -0.2) is 112 Å². The van der Waals surface area contributed by atoms with Gasteiger partial charge in [-0.1, -0.05) is 109 Å². The summed E-state index contributed by atoms with van der Waals surface area (Å²) in [6.07, 6.45) is 9.04. The Bertz CT molecular complexity index is 1180. The minimum Gasteiger partial charge on any atom is -0.481 e. The second kappa shape index (κ2) is 24.9. The summed E-state index contributed by atoms with van der Waals surface area (Å²) in [4.78, 5) is 38.1. The third kappa shape index (κ3) is 15.2. The van der Waals surface area contributed by atoms with Gasteiger partial charge in [0.2, 0.25) is 5.91 Å². The summed E-state index contributed by atoms with van der Waals surface area (Å²) < 4.78 is 6.52. The lowest BCUT2D eigenvalue weighted by atomic mass is 9.81. The Kier molecular flexibility index (Phi) is 21.9. The number of hydrogen-bond acceptors (Lipinski definition) is 12. The number of carboxylic acids is 2. The van der Waals surface area contributed by atoms with Gasteiger partial charge in [-0.25, -0.2) is 4.68 Å². The maximum atomic E-state index is 13.1. The molecule has 300 valence electrons. The van der Waals surface area contributed by atoms with Gasteiger partial charge in [0.15, 0.2) is 12.0 Å². The van der Waals surface area contributed by atoms with Crippen LogP contribution in [0, 0.1) is 17.8 Å². The van der Waals surface area contributed by atoms with Crippen molar-refractivity contribution in [3.8, 4) is 0 Å². The lowest BCUT2D eigenvalue weighted by Gasteiger charge is -2.39. The maximum Gasteiger partial charge on any atom is 0.307 e. The number of nitrogens with one attached hydrogen (secondary N) is 1. The van der Waals surface area contributed by atoms with E-state index in [9.17, 15) is 45.0 Å². The van der Waals surface area contributed by atoms with Crippen molar-refractivity contribution in [3.05, 3.63) is 6.20 Å². The van der Waals surface area contributed by atoms with E-state index in [-0.39, 0.29) is 29.2 Å². The van der Waals surface area contributed by atoms with Crippen molar-refractivity contribution in [2.45, 2.75) is 165 Å². The van der Waals surface area contributed by atoms with Crippen LogP contribution >= 0.6 is 11.8 Å². The molecule has 2 heterocycles. The number of carbonyl (C=O) groups is 3. The highest BCUT2D eigenvalue weighted by atomic mass is 32.2. The zero-order chi connectivity index (χ0) is 38.6. The Morgan fingerprint density at radius 1 is 0.865 bits per heavy atom. The van der Waals surface area contributed by atoms with Crippen molar-refractivity contribution >= 4 is 35.4 Å². The number of anilines is 1. The highest BCUT2D eigenvalue weighted by Gasteiger charge is 2.45. The van der Waals surface area contributed by atoms with Gasteiger partial charge in [-0.15, -0.1) is 5.10 Å². The van der Waals surface area contributed by atoms with Crippen molar-refractivity contribution in [2.24, 2.45) is 23.5 Å². The highest BCUT2D eigenvalue weighted by molar-refractivity contribution is 8.00. The van der Waals surface area contributed by atoms with E-state index in [2.05, 4.69) is 29.5 Å². The predicted octanol–water partition coefficient (Wildman–Crippen LogP) is 3.94. The van der Waals surface area contributed by atoms with Crippen LogP contribution in [0.15, 0.2) is 6.20 Å². The van der Waals surface area contributed by atoms with E-state index < -0.39 is 73.0 Å². The lowest BCUT2D eigenvalue weighted by molar-refractivity contribution is -0.254. The number of aliphatic carboxylic acids is 2. The summed E-state index contributed by atoms with van der Waals surface area (Å²) in [6.45, 7) is 5.53. The maximum absolute atomic E-state index is 13.1. The largest absolute Gasteiger partial charge is 0.481 e. The fourth-order valence-corrected chi connectivity index (χ4v) is 8.16. The van der Waals surface area contributed by atoms with Crippen LogP contribution in [0.3, 0.4) is 0 Å². The fourth-order valence-electron chi connectivity index (χ4n) is 6.76. The average Bonchev–Trinajstić information content (AvgIpc) is 3.57. The normalized spacial score (nSPS) is 23.4. The van der Waals surface area contributed by atoms with Crippen molar-refractivity contribution in [1.82, 2.24) is 15.0 Å². The molecule has 6 unspecified atom stereocenters. The predicted molar refractivity (Wildman–Crippen MR) is 199 cm³/mol. The summed E-state index contributed by atoms with van der Waals surface area (Å²) in [5.74, 6) is -4.22. The zero-order valence-electron chi connectivity index (χ0n) is 31.2. The molecule has 1 aliphatic heterocycles. The molecule has 1 amide bonds. The number of carbonyl (C=O) groups excluding carboxylic acids is 1. The topological polar surface area (TPSA) is 251 Å². The first-order valence-corrected chi connectivity index (χ1v) is 20.3. The van der Waals surface area contributed by atoms with Crippen molar-refractivity contribution in [1.29, 1.82) is 0 Å². The number of aliphatic hydroxyl groups excluding tert-OH is 4. The van der Waals surface area contributed by atoms with E-state index in [0.717, 1.165) is 68.9 Å². The van der Waals surface area contributed by atoms with E-state index in [1.54, 1.807) is 0 Å². The summed E-state index contributed by atoms with van der Waals surface area (Å²) in [5.41, 5.74) is 6.27. The van der Waals surface area contributed by atoms with Gasteiger partial charge in [0, 0.05) is 11.0 Å². The molecule has 9 N–H and O–H groups in total. The first-order valence-electron chi connectivity index (χ1n) is 19.2. The van der Waals surface area contributed by atoms with Crippen molar-refractivity contribution in [3.63, 3.8) is 0 Å². The van der Waals surface area contributed by atoms with Gasteiger partial charge in [-0.05, 0) is 25.2 Å². The first kappa shape index (κ1) is 45.8. The number of nitrogens with two attached hydrogens (primary N) is 1. The molecular weight excluding hydrogens is 694 g/mol. The van der Waals surface area contributed by atoms with Gasteiger partial charge in [-0.2, -0.15) is 11.8 Å². The van der Waals surface area contributed by atoms with Crippen LogP contribution in [0.5, 0.6) is 0 Å². The van der Waals surface area contributed by atoms with Crippen LogP contribution in [0.1, 0.15) is 130 Å². The Hall–Kier alpha value is -2.34. The number of aromatic nitrogens is 3. The summed E-state index contributed by atoms with van der Waals surface area (Å²) >= 11 is 1.31. The molecule has 1 saturated heterocycles. The number of unbranched alkanes of at least 4 members (excludes halogenated alkanes) is 11. The van der Waals surface area contributed by atoms with E-state index in [1.807, 2.05) is 6.92 Å². The molecule has 1 aromatic rings. The molecule has 15 nitrogen and oxygen atoms in total. The van der Waals surface area contributed by atoms with Gasteiger partial charge in [-0.3, -0.25) is 14.4 Å². The van der Waals surface area contributed by atoms with Crippen molar-refractivity contribution < 1.29 is 49.8 Å². The molecule has 0 bridgehead atoms. The molecule has 10 atom stereocenters. The molecule has 1 fully saturated rings. The summed E-state index contributed by atoms with van der Waals surface area (Å²) in [7, 11) is 0. The number of hydrogen-bond donors (Lipinski definition) is 8. The van der Waals surface area contributed by atoms with E-state index in [0.29, 0.717) is 12.8 Å². The second-order valence-corrected chi connectivity index (χ2v) is 15.6. The first-order chi connectivity index (χ1) is 24.9. The minimum atomic E-state index is -1.62. The highest BCUT2D eigenvalue weighted by Crippen LogP contribution is 2.35. The monoisotopic (exact) mass is 759 g/mol. The quantitative estimate of drug-likeness (QED) is 0.0564. The Balaban J connectivity index is 2.06. The van der Waals surface area contributed by atoms with Gasteiger partial charge >= 0.3 is 11.9 Å². The minimum absolute atomic E-state index is 0.0241. The number of nitrogens with zero attached hydrogens (tertiary/aromatic N) is 3. The number of aliphatic hydroxyl groups is 4. The summed E-state index contributed by atoms with van der Waals surface area (Å²) in [6, 6.07) is -1.05. The van der Waals surface area contributed by atoms with Crippen LogP contribution in [-0.2, 0) is 19.1 Å². The Labute approximate surface area is 312 Å². The average molecular weight is 760 g/mol. The molecule has 0 saturated carbocycles. The van der Waals surface area contributed by atoms with Crippen LogP contribution in [0.2, 0.25) is 0 Å². The Morgan fingerprint density at radius 3 is 1.98 bits per heavy atom. The molecule has 16 heteroatoms. The molecule has 1 aromatic heterocycles. The van der Waals surface area contributed by atoms with Crippen LogP contribution < -0.4 is 11.1 Å². The molecular formula is C36H65N5O10S. The van der Waals surface area contributed by atoms with Gasteiger partial charge in [0.1, 0.15) is 24.4 Å². The number of amides is 1. The molecule has 2 rings (SSSR count). The van der Waals surface area contributed by atoms with Crippen LogP contribution in [0.25, 0.3) is 0 Å². The number of carboxylic acid groups (broad SMARTS) is 2. The number of ether oxygens (including phenoxy) is 1. The molecule has 52 heavy (non-hydrogen) atoms. The summed E-state index contributed by atoms with van der Waals surface area (Å²) in [5, 5.41) is 70.3. The Morgan fingerprint density at radius 2 is 1.42 bits per heavy atom. The smallest absolute Gasteiger partial charge is 0.307 e. The third-order valence-electron chi connectivity index (χ3n) is 10.1. The molecule has 0 spiro atoms. The van der Waals surface area contributed by atoms with Gasteiger partial charge in [0.25, 0.3) is 0 Å². The van der Waals surface area contributed by atoms with E-state index >= 15 is 0 Å². The van der Waals surface area contributed by atoms with Gasteiger partial charge < -0.3 is 46.4 Å². The SMILES string of the molecule is CCCCCCCCC[C@@H](C(=O)O)C(C)C[C@H](C(=O)O)C(CCCCCCCC)SC[C@@H](N)C(=O)Nc1cn([C@H]2OC(CO)C(O)C(O)C2O)nn1. The third-order valence-corrected chi connectivity index (χ3v) is 11.6. The van der Waals surface area contributed by atoms with E-state index in [4.69, 9.17) is 10.5 Å². The number of rotatable bonds is 28. The number of thioether (sulfide) groups is 1. The second-order valence-electron chi connectivity index (χ2n) is 14.3. The van der Waals surface area contributed by atoms with E-state index in [1.165, 1.54) is 37.2 Å². The van der Waals surface area contributed by atoms with Gasteiger partial charge in [0.05, 0.1) is 30.7 Å². The van der Waals surface area contributed by atoms with Crippen molar-refractivity contribution in [2.75, 3.05) is 17.7 Å². The zero-order valence-corrected chi connectivity index (χ0v) is 32.0. The lowest BCUT2D eigenvalue weighted by Crippen LogP contribution is -2.56. The molecule has 0 aliphatic carbocycles. The molecule has 0 aromatic carbocycles. The molecule has 0 radical (unpaired) electrons. The fraction of sp³-hybridized carbons (Fsp3) is 0.861.